The lowest BCUT2D eigenvalue weighted by molar-refractivity contribution is 0.348. The largest absolute Gasteiger partial charge is 0.339 e. The van der Waals surface area contributed by atoms with Gasteiger partial charge in [0.1, 0.15) is 0 Å². The molecule has 0 amide bonds. The van der Waals surface area contributed by atoms with Crippen LogP contribution in [0.2, 0.25) is 0 Å². The molecule has 4 rings (SSSR count). The van der Waals surface area contributed by atoms with Crippen molar-refractivity contribution in [1.29, 1.82) is 0 Å². The molecule has 2 unspecified atom stereocenters. The number of rotatable bonds is 4. The summed E-state index contributed by atoms with van der Waals surface area (Å²) in [5, 5.41) is 4.19. The van der Waals surface area contributed by atoms with E-state index in [1.165, 1.54) is 11.1 Å². The molecule has 2 N–H and O–H groups in total. The van der Waals surface area contributed by atoms with E-state index in [0.717, 1.165) is 38.0 Å². The molecule has 2 saturated carbocycles. The molecule has 0 saturated heterocycles. The molecule has 2 aromatic rings. The van der Waals surface area contributed by atoms with E-state index in [1.54, 1.807) is 0 Å². The minimum atomic E-state index is -0.356. The summed E-state index contributed by atoms with van der Waals surface area (Å²) in [5.74, 6) is 2.94. The van der Waals surface area contributed by atoms with Crippen molar-refractivity contribution < 1.29 is 4.52 Å². The van der Waals surface area contributed by atoms with Crippen LogP contribution < -0.4 is 5.73 Å². The van der Waals surface area contributed by atoms with Crippen LogP contribution in [0.15, 0.2) is 28.8 Å². The molecule has 1 aromatic heterocycles. The van der Waals surface area contributed by atoms with Crippen LogP contribution in [-0.2, 0) is 5.54 Å². The van der Waals surface area contributed by atoms with Crippen LogP contribution in [0.25, 0.3) is 0 Å². The van der Waals surface area contributed by atoms with Crippen LogP contribution in [0.4, 0.5) is 0 Å². The normalized spacial score (nSPS) is 25.9. The maximum atomic E-state index is 6.42. The zero-order chi connectivity index (χ0) is 16.0. The SMILES string of the molecule is CC(C)c1ccc(C2CC2c2nc(C3(N)CCCC3)no2)cc1. The minimum Gasteiger partial charge on any atom is -0.339 e. The third-order valence-electron chi connectivity index (χ3n) is 5.52. The molecule has 0 bridgehead atoms. The van der Waals surface area contributed by atoms with Gasteiger partial charge in [-0.15, -0.1) is 0 Å². The van der Waals surface area contributed by atoms with Gasteiger partial charge in [0, 0.05) is 5.92 Å². The zero-order valence-corrected chi connectivity index (χ0v) is 14.0. The Morgan fingerprint density at radius 1 is 1.13 bits per heavy atom. The fourth-order valence-corrected chi connectivity index (χ4v) is 3.78. The molecule has 4 nitrogen and oxygen atoms in total. The molecule has 2 fully saturated rings. The van der Waals surface area contributed by atoms with E-state index in [0.29, 0.717) is 23.6 Å². The molecule has 1 heterocycles. The quantitative estimate of drug-likeness (QED) is 0.919. The topological polar surface area (TPSA) is 64.9 Å². The van der Waals surface area contributed by atoms with Crippen molar-refractivity contribution in [3.05, 3.63) is 47.1 Å². The molecule has 2 atom stereocenters. The zero-order valence-electron chi connectivity index (χ0n) is 14.0. The Morgan fingerprint density at radius 2 is 1.83 bits per heavy atom. The molecule has 2 aliphatic rings. The lowest BCUT2D eigenvalue weighted by Crippen LogP contribution is -2.34. The summed E-state index contributed by atoms with van der Waals surface area (Å²) in [7, 11) is 0. The Hall–Kier alpha value is -1.68. The van der Waals surface area contributed by atoms with Gasteiger partial charge in [0.2, 0.25) is 5.89 Å². The molecular weight excluding hydrogens is 286 g/mol. The second-order valence-electron chi connectivity index (χ2n) is 7.59. The smallest absolute Gasteiger partial charge is 0.230 e. The first-order valence-corrected chi connectivity index (χ1v) is 8.80. The van der Waals surface area contributed by atoms with Crippen molar-refractivity contribution in [3.8, 4) is 0 Å². The van der Waals surface area contributed by atoms with Gasteiger partial charge in [0.05, 0.1) is 5.54 Å². The minimum absolute atomic E-state index is 0.356. The molecule has 2 aliphatic carbocycles. The number of nitrogens with zero attached hydrogens (tertiary/aromatic N) is 2. The second-order valence-corrected chi connectivity index (χ2v) is 7.59. The lowest BCUT2D eigenvalue weighted by atomic mass is 9.98. The Bertz CT molecular complexity index is 683. The van der Waals surface area contributed by atoms with Gasteiger partial charge >= 0.3 is 0 Å². The van der Waals surface area contributed by atoms with Crippen LogP contribution in [0.3, 0.4) is 0 Å². The summed E-state index contributed by atoms with van der Waals surface area (Å²) in [6, 6.07) is 8.97. The molecule has 23 heavy (non-hydrogen) atoms. The van der Waals surface area contributed by atoms with Crippen LogP contribution in [0.1, 0.15) is 86.5 Å². The van der Waals surface area contributed by atoms with Crippen molar-refractivity contribution in [2.75, 3.05) is 0 Å². The molecule has 1 aromatic carbocycles. The highest BCUT2D eigenvalue weighted by atomic mass is 16.5. The summed E-state index contributed by atoms with van der Waals surface area (Å²) in [6.45, 7) is 4.45. The molecule has 122 valence electrons. The first-order valence-electron chi connectivity index (χ1n) is 8.80. The van der Waals surface area contributed by atoms with Gasteiger partial charge in [0.25, 0.3) is 0 Å². The van der Waals surface area contributed by atoms with E-state index in [4.69, 9.17) is 10.3 Å². The third kappa shape index (κ3) is 2.69. The Balaban J connectivity index is 1.48. The Morgan fingerprint density at radius 3 is 2.48 bits per heavy atom. The lowest BCUT2D eigenvalue weighted by Gasteiger charge is -2.17. The van der Waals surface area contributed by atoms with Gasteiger partial charge in [-0.05, 0) is 42.2 Å². The van der Waals surface area contributed by atoms with Crippen LogP contribution in [-0.4, -0.2) is 10.1 Å². The molecule has 0 aliphatic heterocycles. The number of nitrogens with two attached hydrogens (primary N) is 1. The van der Waals surface area contributed by atoms with Crippen molar-refractivity contribution in [3.63, 3.8) is 0 Å². The number of benzene rings is 1. The van der Waals surface area contributed by atoms with Gasteiger partial charge in [-0.25, -0.2) is 0 Å². The summed E-state index contributed by atoms with van der Waals surface area (Å²) in [6.07, 6.45) is 5.36. The summed E-state index contributed by atoms with van der Waals surface area (Å²) >= 11 is 0. The van der Waals surface area contributed by atoms with Gasteiger partial charge in [-0.3, -0.25) is 0 Å². The van der Waals surface area contributed by atoms with Crippen LogP contribution >= 0.6 is 0 Å². The predicted octanol–water partition coefficient (Wildman–Crippen LogP) is 4.19. The van der Waals surface area contributed by atoms with Gasteiger partial charge in [-0.2, -0.15) is 4.98 Å². The standard InChI is InChI=1S/C19H25N3O/c1-12(2)13-5-7-14(8-6-13)15-11-16(15)17-21-18(22-23-17)19(20)9-3-4-10-19/h5-8,12,15-16H,3-4,9-11,20H2,1-2H3. The molecule has 0 radical (unpaired) electrons. The van der Waals surface area contributed by atoms with Crippen LogP contribution in [0, 0.1) is 0 Å². The Labute approximate surface area is 137 Å². The monoisotopic (exact) mass is 311 g/mol. The molecule has 0 spiro atoms. The highest BCUT2D eigenvalue weighted by molar-refractivity contribution is 5.34. The van der Waals surface area contributed by atoms with E-state index < -0.39 is 0 Å². The average molecular weight is 311 g/mol. The molecule has 4 heteroatoms. The van der Waals surface area contributed by atoms with E-state index in [9.17, 15) is 0 Å². The van der Waals surface area contributed by atoms with Crippen molar-refractivity contribution in [1.82, 2.24) is 10.1 Å². The van der Waals surface area contributed by atoms with Gasteiger partial charge < -0.3 is 10.3 Å². The second kappa shape index (κ2) is 5.45. The average Bonchev–Trinajstić information content (AvgIpc) is 2.96. The number of aromatic nitrogens is 2. The van der Waals surface area contributed by atoms with E-state index in [-0.39, 0.29) is 5.54 Å². The van der Waals surface area contributed by atoms with Crippen molar-refractivity contribution in [2.24, 2.45) is 5.73 Å². The predicted molar refractivity (Wildman–Crippen MR) is 89.3 cm³/mol. The third-order valence-corrected chi connectivity index (χ3v) is 5.52. The summed E-state index contributed by atoms with van der Waals surface area (Å²) in [4.78, 5) is 4.64. The first-order chi connectivity index (χ1) is 11.1. The van der Waals surface area contributed by atoms with Crippen LogP contribution in [0.5, 0.6) is 0 Å². The van der Waals surface area contributed by atoms with Gasteiger partial charge in [0.15, 0.2) is 5.82 Å². The summed E-state index contributed by atoms with van der Waals surface area (Å²) in [5.41, 5.74) is 8.83. The van der Waals surface area contributed by atoms with E-state index in [2.05, 4.69) is 48.3 Å². The number of hydrogen-bond donors (Lipinski definition) is 1. The maximum Gasteiger partial charge on any atom is 0.230 e. The summed E-state index contributed by atoms with van der Waals surface area (Å²) < 4.78 is 5.54. The van der Waals surface area contributed by atoms with Crippen molar-refractivity contribution >= 4 is 0 Å². The van der Waals surface area contributed by atoms with E-state index in [1.807, 2.05) is 0 Å². The molecular formula is C19H25N3O. The fourth-order valence-electron chi connectivity index (χ4n) is 3.78. The maximum absolute atomic E-state index is 6.42. The van der Waals surface area contributed by atoms with E-state index >= 15 is 0 Å². The number of hydrogen-bond acceptors (Lipinski definition) is 4. The van der Waals surface area contributed by atoms with Gasteiger partial charge in [-0.1, -0.05) is 56.1 Å². The highest BCUT2D eigenvalue weighted by Gasteiger charge is 2.45. The highest BCUT2D eigenvalue weighted by Crippen LogP contribution is 2.54. The fraction of sp³-hybridized carbons (Fsp3) is 0.579. The Kier molecular flexibility index (Phi) is 3.52. The van der Waals surface area contributed by atoms with Crippen molar-refractivity contribution in [2.45, 2.75) is 69.2 Å². The first kappa shape index (κ1) is 14.9.